The molecule has 0 bridgehead atoms. The van der Waals surface area contributed by atoms with Gasteiger partial charge in [-0.25, -0.2) is 0 Å². The van der Waals surface area contributed by atoms with E-state index in [1.807, 2.05) is 0 Å². The second-order valence-electron chi connectivity index (χ2n) is 28.5. The standard InChI is InChI=1S/C54H110/c1-37(2)39(5,6)41(9,10)43(13,14)45(17,18)47(21,22)49(25,26)51(29,30)53(33,34)54(35,36)52(31,32)50(27,28)48(23,24)46(19,20)44(15,16)42(11,12)40(7,8)38(3)4/h37-38H,1-36H3. The van der Waals surface area contributed by atoms with E-state index in [-0.39, 0.29) is 86.6 Å². The minimum absolute atomic E-state index is 0.00950. The Morgan fingerprint density at radius 1 is 0.148 bits per heavy atom. The third-order valence-corrected chi connectivity index (χ3v) is 26.4. The molecule has 0 aromatic carbocycles. The summed E-state index contributed by atoms with van der Waals surface area (Å²) in [4.78, 5) is 0. The summed E-state index contributed by atoms with van der Waals surface area (Å²) >= 11 is 0. The number of hydrogen-bond donors (Lipinski definition) is 0. The van der Waals surface area contributed by atoms with Gasteiger partial charge >= 0.3 is 0 Å². The van der Waals surface area contributed by atoms with Crippen LogP contribution in [-0.4, -0.2) is 0 Å². The smallest absolute Gasteiger partial charge is 0.0241 e. The van der Waals surface area contributed by atoms with E-state index >= 15 is 0 Å². The van der Waals surface area contributed by atoms with Crippen LogP contribution in [-0.2, 0) is 0 Å². The van der Waals surface area contributed by atoms with E-state index in [2.05, 4.69) is 249 Å². The highest BCUT2D eigenvalue weighted by atomic mass is 14.8. The van der Waals surface area contributed by atoms with Crippen LogP contribution in [0, 0.1) is 98.5 Å². The lowest BCUT2D eigenvalue weighted by Gasteiger charge is -2.74. The largest absolute Gasteiger partial charge is 0.0622 e. The monoisotopic (exact) mass is 759 g/mol. The highest BCUT2D eigenvalue weighted by molar-refractivity contribution is 5.19. The average Bonchev–Trinajstić information content (AvgIpc) is 2.95. The summed E-state index contributed by atoms with van der Waals surface area (Å²) in [6, 6.07) is 0. The van der Waals surface area contributed by atoms with Crippen molar-refractivity contribution in [3.63, 3.8) is 0 Å². The molecule has 0 saturated heterocycles. The second-order valence-corrected chi connectivity index (χ2v) is 28.5. The van der Waals surface area contributed by atoms with Gasteiger partial charge in [-0.05, 0) is 98.5 Å². The molecule has 0 aromatic rings. The molecule has 0 radical (unpaired) electrons. The lowest BCUT2D eigenvalue weighted by atomic mass is 9.30. The van der Waals surface area contributed by atoms with Crippen molar-refractivity contribution in [3.8, 4) is 0 Å². The van der Waals surface area contributed by atoms with Gasteiger partial charge in [0, 0.05) is 0 Å². The second kappa shape index (κ2) is 13.8. The van der Waals surface area contributed by atoms with E-state index in [4.69, 9.17) is 0 Å². The Morgan fingerprint density at radius 3 is 0.296 bits per heavy atom. The third kappa shape index (κ3) is 6.26. The molecule has 0 amide bonds. The summed E-state index contributed by atoms with van der Waals surface area (Å²) in [6.45, 7) is 93.0. The van der Waals surface area contributed by atoms with Crippen LogP contribution in [0.1, 0.15) is 249 Å². The first-order valence-corrected chi connectivity index (χ1v) is 22.6. The molecule has 326 valence electrons. The van der Waals surface area contributed by atoms with Crippen molar-refractivity contribution in [2.75, 3.05) is 0 Å². The topological polar surface area (TPSA) is 0 Å². The molecular formula is C54H110. The van der Waals surface area contributed by atoms with Crippen LogP contribution in [0.15, 0.2) is 0 Å². The molecule has 0 heterocycles. The fourth-order valence-electron chi connectivity index (χ4n) is 12.4. The Labute approximate surface area is 346 Å². The van der Waals surface area contributed by atoms with Gasteiger partial charge in [0.1, 0.15) is 0 Å². The lowest BCUT2D eigenvalue weighted by Crippen LogP contribution is -2.68. The van der Waals surface area contributed by atoms with Crippen molar-refractivity contribution in [2.24, 2.45) is 98.5 Å². The highest BCUT2D eigenvalue weighted by Gasteiger charge is 2.71. The van der Waals surface area contributed by atoms with Crippen molar-refractivity contribution in [3.05, 3.63) is 0 Å². The molecule has 0 rings (SSSR count). The number of rotatable bonds is 17. The summed E-state index contributed by atoms with van der Waals surface area (Å²) in [5, 5.41) is 0. The average molecular weight is 759 g/mol. The molecular weight excluding hydrogens is 649 g/mol. The molecule has 0 N–H and O–H groups in total. The van der Waals surface area contributed by atoms with Crippen LogP contribution in [0.3, 0.4) is 0 Å². The first kappa shape index (κ1) is 54.0. The minimum atomic E-state index is -0.0386. The molecule has 0 aromatic heterocycles. The van der Waals surface area contributed by atoms with Crippen LogP contribution in [0.2, 0.25) is 0 Å². The fourth-order valence-corrected chi connectivity index (χ4v) is 12.4. The van der Waals surface area contributed by atoms with Crippen LogP contribution in [0.5, 0.6) is 0 Å². The SMILES string of the molecule is CC(C)C(C)(C)C(C)(C)C(C)(C)C(C)(C)C(C)(C)C(C)(C)C(C)(C)C(C)(C)C(C)(C)C(C)(C)C(C)(C)C(C)(C)C(C)(C)C(C)(C)C(C)(C)C(C)(C)C(C)C. The van der Waals surface area contributed by atoms with Crippen molar-refractivity contribution in [1.82, 2.24) is 0 Å². The van der Waals surface area contributed by atoms with Crippen molar-refractivity contribution < 1.29 is 0 Å². The zero-order valence-corrected chi connectivity index (χ0v) is 45.2. The summed E-state index contributed by atoms with van der Waals surface area (Å²) in [5.74, 6) is 1.18. The van der Waals surface area contributed by atoms with Gasteiger partial charge in [0.25, 0.3) is 0 Å². The van der Waals surface area contributed by atoms with Crippen molar-refractivity contribution in [1.29, 1.82) is 0 Å². The molecule has 0 aliphatic heterocycles. The molecule has 0 saturated carbocycles. The third-order valence-electron chi connectivity index (χ3n) is 26.4. The molecule has 0 aliphatic rings. The Bertz CT molecular complexity index is 1190. The van der Waals surface area contributed by atoms with Crippen LogP contribution in [0.4, 0.5) is 0 Å². The highest BCUT2D eigenvalue weighted by Crippen LogP contribution is 2.78. The van der Waals surface area contributed by atoms with Gasteiger partial charge in [0.15, 0.2) is 0 Å². The fraction of sp³-hybridized carbons (Fsp3) is 1.00. The first-order chi connectivity index (χ1) is 22.6. The van der Waals surface area contributed by atoms with E-state index in [9.17, 15) is 0 Å². The predicted octanol–water partition coefficient (Wildman–Crippen LogP) is 18.7. The van der Waals surface area contributed by atoms with E-state index in [0.717, 1.165) is 0 Å². The van der Waals surface area contributed by atoms with Crippen molar-refractivity contribution >= 4 is 0 Å². The first-order valence-electron chi connectivity index (χ1n) is 22.6. The molecule has 0 fully saturated rings. The summed E-state index contributed by atoms with van der Waals surface area (Å²) in [5.41, 5.74) is 0.456. The zero-order chi connectivity index (χ0) is 45.2. The number of hydrogen-bond acceptors (Lipinski definition) is 0. The Hall–Kier alpha value is 0. The lowest BCUT2D eigenvalue weighted by molar-refractivity contribution is -0.261. The van der Waals surface area contributed by atoms with E-state index in [1.165, 1.54) is 0 Å². The van der Waals surface area contributed by atoms with E-state index in [1.54, 1.807) is 0 Å². The molecule has 0 atom stereocenters. The Morgan fingerprint density at radius 2 is 0.222 bits per heavy atom. The van der Waals surface area contributed by atoms with Gasteiger partial charge in [-0.15, -0.1) is 0 Å². The van der Waals surface area contributed by atoms with Gasteiger partial charge in [0.05, 0.1) is 0 Å². The van der Waals surface area contributed by atoms with Gasteiger partial charge in [-0.3, -0.25) is 0 Å². The van der Waals surface area contributed by atoms with Crippen molar-refractivity contribution in [2.45, 2.75) is 249 Å². The Balaban J connectivity index is 7.78. The van der Waals surface area contributed by atoms with Crippen LogP contribution < -0.4 is 0 Å². The molecule has 0 heteroatoms. The van der Waals surface area contributed by atoms with Crippen LogP contribution >= 0.6 is 0 Å². The van der Waals surface area contributed by atoms with Gasteiger partial charge in [0.2, 0.25) is 0 Å². The molecule has 0 unspecified atom stereocenters. The van der Waals surface area contributed by atoms with E-state index in [0.29, 0.717) is 11.8 Å². The summed E-state index contributed by atoms with van der Waals surface area (Å²) in [7, 11) is 0. The molecule has 54 heavy (non-hydrogen) atoms. The van der Waals surface area contributed by atoms with Gasteiger partial charge in [-0.1, -0.05) is 249 Å². The van der Waals surface area contributed by atoms with Gasteiger partial charge < -0.3 is 0 Å². The predicted molar refractivity (Wildman–Crippen MR) is 250 cm³/mol. The summed E-state index contributed by atoms with van der Waals surface area (Å²) < 4.78 is 0. The Kier molecular flexibility index (Phi) is 13.8. The summed E-state index contributed by atoms with van der Waals surface area (Å²) in [6.07, 6.45) is 0. The van der Waals surface area contributed by atoms with Crippen LogP contribution in [0.25, 0.3) is 0 Å². The van der Waals surface area contributed by atoms with Gasteiger partial charge in [-0.2, -0.15) is 0 Å². The quantitative estimate of drug-likeness (QED) is 0.139. The molecule has 0 spiro atoms. The maximum Gasteiger partial charge on any atom is -0.0241 e. The maximum atomic E-state index is 2.64. The minimum Gasteiger partial charge on any atom is -0.0622 e. The normalized spacial score (nSPS) is 17.2. The molecule has 0 aliphatic carbocycles. The van der Waals surface area contributed by atoms with E-state index < -0.39 is 0 Å². The maximum absolute atomic E-state index is 2.64. The zero-order valence-electron chi connectivity index (χ0n) is 45.2. The molecule has 0 nitrogen and oxygen atoms in total.